The highest BCUT2D eigenvalue weighted by atomic mass is 16.4. The number of rotatable bonds is 6. The number of fused-ring (bicyclic) bond motifs is 1. The first kappa shape index (κ1) is 16.0. The highest BCUT2D eigenvalue weighted by molar-refractivity contribution is 5.95. The van der Waals surface area contributed by atoms with Crippen LogP contribution < -0.4 is 5.32 Å². The van der Waals surface area contributed by atoms with E-state index in [2.05, 4.69) is 16.4 Å². The molecule has 0 radical (unpaired) electrons. The van der Waals surface area contributed by atoms with Gasteiger partial charge < -0.3 is 25.0 Å². The minimum Gasteiger partial charge on any atom is -0.478 e. The summed E-state index contributed by atoms with van der Waals surface area (Å²) < 4.78 is 2.01. The second kappa shape index (κ2) is 7.12. The molecule has 0 saturated carbocycles. The van der Waals surface area contributed by atoms with Crippen molar-refractivity contribution >= 4 is 16.9 Å². The zero-order valence-corrected chi connectivity index (χ0v) is 13.2. The Balaban J connectivity index is 1.87. The zero-order chi connectivity index (χ0) is 16.2. The molecule has 124 valence electrons. The van der Waals surface area contributed by atoms with Crippen LogP contribution in [0.3, 0.4) is 0 Å². The van der Waals surface area contributed by atoms with Crippen molar-refractivity contribution in [2.24, 2.45) is 0 Å². The molecule has 1 aliphatic heterocycles. The number of benzene rings is 1. The van der Waals surface area contributed by atoms with Crippen LogP contribution in [0.5, 0.6) is 0 Å². The van der Waals surface area contributed by atoms with Crippen molar-refractivity contribution in [1.82, 2.24) is 14.8 Å². The number of piperazine rings is 1. The topological polar surface area (TPSA) is 77.7 Å². The van der Waals surface area contributed by atoms with E-state index < -0.39 is 5.97 Å². The fourth-order valence-corrected chi connectivity index (χ4v) is 3.21. The SMILES string of the molecule is O=C(O)c1ccc2c(c1)c(CCN1CCNCC1)cn2CCO. The molecule has 1 aliphatic rings. The number of nitrogens with one attached hydrogen (secondary N) is 1. The van der Waals surface area contributed by atoms with Crippen LogP contribution >= 0.6 is 0 Å². The van der Waals surface area contributed by atoms with Gasteiger partial charge in [0.25, 0.3) is 0 Å². The maximum absolute atomic E-state index is 11.2. The lowest BCUT2D eigenvalue weighted by atomic mass is 10.1. The number of carboxylic acids is 1. The van der Waals surface area contributed by atoms with Gasteiger partial charge in [-0.2, -0.15) is 0 Å². The Kier molecular flexibility index (Phi) is 4.95. The van der Waals surface area contributed by atoms with E-state index >= 15 is 0 Å². The van der Waals surface area contributed by atoms with E-state index in [4.69, 9.17) is 0 Å². The average Bonchev–Trinajstić information content (AvgIpc) is 2.91. The van der Waals surface area contributed by atoms with Gasteiger partial charge in [-0.25, -0.2) is 4.79 Å². The molecule has 0 spiro atoms. The van der Waals surface area contributed by atoms with Crippen LogP contribution in [0.2, 0.25) is 0 Å². The fraction of sp³-hybridized carbons (Fsp3) is 0.471. The van der Waals surface area contributed by atoms with Gasteiger partial charge in [0, 0.05) is 56.4 Å². The predicted molar refractivity (Wildman–Crippen MR) is 89.0 cm³/mol. The second-order valence-electron chi connectivity index (χ2n) is 5.95. The number of aromatic nitrogens is 1. The lowest BCUT2D eigenvalue weighted by Gasteiger charge is -2.26. The van der Waals surface area contributed by atoms with E-state index in [1.54, 1.807) is 12.1 Å². The van der Waals surface area contributed by atoms with Crippen LogP contribution in [0.15, 0.2) is 24.4 Å². The number of nitrogens with zero attached hydrogens (tertiary/aromatic N) is 2. The molecule has 1 aromatic carbocycles. The van der Waals surface area contributed by atoms with Crippen LogP contribution in [0, 0.1) is 0 Å². The molecule has 0 aliphatic carbocycles. The van der Waals surface area contributed by atoms with E-state index in [-0.39, 0.29) is 6.61 Å². The van der Waals surface area contributed by atoms with Gasteiger partial charge in [-0.1, -0.05) is 0 Å². The van der Waals surface area contributed by atoms with E-state index in [0.29, 0.717) is 12.1 Å². The molecule has 1 saturated heterocycles. The third-order valence-corrected chi connectivity index (χ3v) is 4.46. The third-order valence-electron chi connectivity index (χ3n) is 4.46. The summed E-state index contributed by atoms with van der Waals surface area (Å²) in [5, 5.41) is 22.8. The zero-order valence-electron chi connectivity index (χ0n) is 13.2. The molecule has 2 heterocycles. The molecule has 3 rings (SSSR count). The van der Waals surface area contributed by atoms with Crippen molar-refractivity contribution in [1.29, 1.82) is 0 Å². The molecule has 1 fully saturated rings. The number of carbonyl (C=O) groups is 1. The Hall–Kier alpha value is -1.89. The largest absolute Gasteiger partial charge is 0.478 e. The summed E-state index contributed by atoms with van der Waals surface area (Å²) in [7, 11) is 0. The van der Waals surface area contributed by atoms with Crippen molar-refractivity contribution in [2.75, 3.05) is 39.3 Å². The van der Waals surface area contributed by atoms with Crippen LogP contribution in [0.1, 0.15) is 15.9 Å². The average molecular weight is 317 g/mol. The van der Waals surface area contributed by atoms with Crippen LogP contribution in [-0.4, -0.2) is 65.0 Å². The number of carboxylic acid groups (broad SMARTS) is 1. The summed E-state index contributed by atoms with van der Waals surface area (Å²) in [6.07, 6.45) is 2.94. The molecule has 3 N–H and O–H groups in total. The third kappa shape index (κ3) is 3.55. The highest BCUT2D eigenvalue weighted by Gasteiger charge is 2.14. The summed E-state index contributed by atoms with van der Waals surface area (Å²) in [5.74, 6) is -0.908. The molecule has 0 unspecified atom stereocenters. The Labute approximate surface area is 135 Å². The van der Waals surface area contributed by atoms with Crippen molar-refractivity contribution in [3.05, 3.63) is 35.5 Å². The Morgan fingerprint density at radius 1 is 1.22 bits per heavy atom. The Bertz CT molecular complexity index is 690. The maximum Gasteiger partial charge on any atom is 0.335 e. The van der Waals surface area contributed by atoms with Crippen LogP contribution in [0.25, 0.3) is 10.9 Å². The van der Waals surface area contributed by atoms with Crippen molar-refractivity contribution < 1.29 is 15.0 Å². The molecule has 0 amide bonds. The number of hydrogen-bond donors (Lipinski definition) is 3. The summed E-state index contributed by atoms with van der Waals surface area (Å²) in [6.45, 7) is 5.71. The molecule has 0 atom stereocenters. The van der Waals surface area contributed by atoms with Gasteiger partial charge in [-0.15, -0.1) is 0 Å². The molecular weight excluding hydrogens is 294 g/mol. The predicted octanol–water partition coefficient (Wildman–Crippen LogP) is 0.779. The fourth-order valence-electron chi connectivity index (χ4n) is 3.21. The molecule has 6 nitrogen and oxygen atoms in total. The van der Waals surface area contributed by atoms with Gasteiger partial charge in [-0.3, -0.25) is 0 Å². The van der Waals surface area contributed by atoms with E-state index in [1.807, 2.05) is 10.6 Å². The molecule has 1 aromatic heterocycles. The minimum atomic E-state index is -0.908. The molecule has 6 heteroatoms. The first-order valence-corrected chi connectivity index (χ1v) is 8.08. The number of aliphatic hydroxyl groups is 1. The van der Waals surface area contributed by atoms with Gasteiger partial charge in [0.1, 0.15) is 0 Å². The normalized spacial score (nSPS) is 16.0. The van der Waals surface area contributed by atoms with Gasteiger partial charge in [0.15, 0.2) is 0 Å². The van der Waals surface area contributed by atoms with Crippen molar-refractivity contribution in [3.8, 4) is 0 Å². The smallest absolute Gasteiger partial charge is 0.335 e. The van der Waals surface area contributed by atoms with Crippen LogP contribution in [-0.2, 0) is 13.0 Å². The molecule has 0 bridgehead atoms. The van der Waals surface area contributed by atoms with Crippen LogP contribution in [0.4, 0.5) is 0 Å². The summed E-state index contributed by atoms with van der Waals surface area (Å²) in [6, 6.07) is 5.21. The maximum atomic E-state index is 11.2. The molecular formula is C17H23N3O3. The molecule has 23 heavy (non-hydrogen) atoms. The minimum absolute atomic E-state index is 0.0711. The van der Waals surface area contributed by atoms with E-state index in [1.165, 1.54) is 0 Å². The lowest BCUT2D eigenvalue weighted by Crippen LogP contribution is -2.44. The Morgan fingerprint density at radius 3 is 2.70 bits per heavy atom. The van der Waals surface area contributed by atoms with E-state index in [0.717, 1.165) is 55.6 Å². The monoisotopic (exact) mass is 317 g/mol. The van der Waals surface area contributed by atoms with Crippen molar-refractivity contribution in [3.63, 3.8) is 0 Å². The van der Waals surface area contributed by atoms with Gasteiger partial charge >= 0.3 is 5.97 Å². The summed E-state index contributed by atoms with van der Waals surface area (Å²) >= 11 is 0. The quantitative estimate of drug-likeness (QED) is 0.734. The number of hydrogen-bond acceptors (Lipinski definition) is 4. The molecule has 2 aromatic rings. The number of aliphatic hydroxyl groups excluding tert-OH is 1. The number of aromatic carboxylic acids is 1. The first-order valence-electron chi connectivity index (χ1n) is 8.08. The highest BCUT2D eigenvalue weighted by Crippen LogP contribution is 2.24. The first-order chi connectivity index (χ1) is 11.2. The van der Waals surface area contributed by atoms with Gasteiger partial charge in [0.05, 0.1) is 12.2 Å². The Morgan fingerprint density at radius 2 is 2.00 bits per heavy atom. The van der Waals surface area contributed by atoms with Gasteiger partial charge in [0.2, 0.25) is 0 Å². The lowest BCUT2D eigenvalue weighted by molar-refractivity contribution is 0.0697. The van der Waals surface area contributed by atoms with Crippen molar-refractivity contribution in [2.45, 2.75) is 13.0 Å². The summed E-state index contributed by atoms with van der Waals surface area (Å²) in [5.41, 5.74) is 2.44. The van der Waals surface area contributed by atoms with Gasteiger partial charge in [-0.05, 0) is 30.2 Å². The second-order valence-corrected chi connectivity index (χ2v) is 5.95. The summed E-state index contributed by atoms with van der Waals surface area (Å²) in [4.78, 5) is 13.7. The standard InChI is InChI=1S/C17H23N3O3/c21-10-9-20-12-14(3-6-19-7-4-18-5-8-19)15-11-13(17(22)23)1-2-16(15)20/h1-2,11-12,18,21H,3-10H2,(H,22,23). The van der Waals surface area contributed by atoms with E-state index in [9.17, 15) is 15.0 Å².